The fourth-order valence-corrected chi connectivity index (χ4v) is 1.81. The van der Waals surface area contributed by atoms with E-state index in [1.807, 2.05) is 0 Å². The lowest BCUT2D eigenvalue weighted by Crippen LogP contribution is -2.32. The van der Waals surface area contributed by atoms with Crippen LogP contribution in [-0.2, 0) is 0 Å². The van der Waals surface area contributed by atoms with Crippen LogP contribution in [0.4, 0.5) is 0 Å². The molecule has 0 aliphatic heterocycles. The summed E-state index contributed by atoms with van der Waals surface area (Å²) in [5.74, 6) is 6.42. The molecule has 0 amide bonds. The lowest BCUT2D eigenvalue weighted by molar-refractivity contribution is 0.568. The first-order valence-electron chi connectivity index (χ1n) is 7.05. The van der Waals surface area contributed by atoms with Crippen molar-refractivity contribution in [3.05, 3.63) is 0 Å². The van der Waals surface area contributed by atoms with Gasteiger partial charge in [-0.3, -0.25) is 4.99 Å². The number of aliphatic imine (C=N–C) groups is 1. The van der Waals surface area contributed by atoms with E-state index in [4.69, 9.17) is 5.84 Å². The van der Waals surface area contributed by atoms with Crippen LogP contribution in [0, 0.1) is 0 Å². The van der Waals surface area contributed by atoms with Crippen molar-refractivity contribution in [1.82, 2.24) is 5.43 Å². The summed E-state index contributed by atoms with van der Waals surface area (Å²) in [5, 5.41) is 0. The van der Waals surface area contributed by atoms with Gasteiger partial charge in [-0.05, 0) is 27.2 Å². The molecule has 0 aliphatic carbocycles. The summed E-state index contributed by atoms with van der Waals surface area (Å²) in [4.78, 5) is 4.56. The Bertz CT molecular complexity index is 204. The lowest BCUT2D eigenvalue weighted by atomic mass is 10.1. The highest BCUT2D eigenvalue weighted by molar-refractivity contribution is 5.81. The van der Waals surface area contributed by atoms with Crippen molar-refractivity contribution in [3.63, 3.8) is 0 Å². The summed E-state index contributed by atoms with van der Waals surface area (Å²) >= 11 is 0. The molecule has 3 N–H and O–H groups in total. The maximum atomic E-state index is 5.48. The number of nitrogens with two attached hydrogens (primary N) is 1. The Morgan fingerprint density at radius 2 is 1.53 bits per heavy atom. The fraction of sp³-hybridized carbons (Fsp3) is 0.929. The van der Waals surface area contributed by atoms with Crippen molar-refractivity contribution in [1.29, 1.82) is 0 Å². The van der Waals surface area contributed by atoms with Crippen molar-refractivity contribution < 1.29 is 0 Å². The molecule has 0 aromatic carbocycles. The van der Waals surface area contributed by atoms with Gasteiger partial charge >= 0.3 is 0 Å². The van der Waals surface area contributed by atoms with Crippen molar-refractivity contribution in [2.24, 2.45) is 10.8 Å². The molecule has 0 aromatic rings. The van der Waals surface area contributed by atoms with Gasteiger partial charge in [0.2, 0.25) is 0 Å². The molecule has 0 saturated heterocycles. The lowest BCUT2D eigenvalue weighted by Gasteiger charge is -2.15. The second kappa shape index (κ2) is 9.46. The Hall–Kier alpha value is -0.570. The Morgan fingerprint density at radius 3 is 2.00 bits per heavy atom. The van der Waals surface area contributed by atoms with E-state index < -0.39 is 0 Å². The van der Waals surface area contributed by atoms with Gasteiger partial charge in [0.05, 0.1) is 5.54 Å². The zero-order chi connectivity index (χ0) is 13.1. The molecule has 0 atom stereocenters. The van der Waals surface area contributed by atoms with Crippen LogP contribution in [0.15, 0.2) is 4.99 Å². The number of unbranched alkanes of at least 4 members (excludes halogenated alkanes) is 6. The quantitative estimate of drug-likeness (QED) is 0.223. The van der Waals surface area contributed by atoms with Gasteiger partial charge in [-0.2, -0.15) is 0 Å². The number of hydrogen-bond donors (Lipinski definition) is 2. The van der Waals surface area contributed by atoms with Crippen LogP contribution in [-0.4, -0.2) is 11.4 Å². The van der Waals surface area contributed by atoms with Gasteiger partial charge in [0.1, 0.15) is 5.84 Å². The van der Waals surface area contributed by atoms with Crippen molar-refractivity contribution in [3.8, 4) is 0 Å². The van der Waals surface area contributed by atoms with Gasteiger partial charge < -0.3 is 5.43 Å². The molecule has 102 valence electrons. The van der Waals surface area contributed by atoms with E-state index in [1.165, 1.54) is 44.9 Å². The SMILES string of the molecule is CCCCCCCCCC(=NC(C)(C)C)NN. The molecule has 0 unspecified atom stereocenters. The summed E-state index contributed by atoms with van der Waals surface area (Å²) in [6.07, 6.45) is 10.2. The maximum Gasteiger partial charge on any atom is 0.111 e. The minimum atomic E-state index is -0.0389. The highest BCUT2D eigenvalue weighted by Gasteiger charge is 2.08. The molecular weight excluding hydrogens is 210 g/mol. The second-order valence-electron chi connectivity index (χ2n) is 5.74. The van der Waals surface area contributed by atoms with E-state index in [-0.39, 0.29) is 5.54 Å². The van der Waals surface area contributed by atoms with Crippen LogP contribution in [0.25, 0.3) is 0 Å². The smallest absolute Gasteiger partial charge is 0.111 e. The molecule has 17 heavy (non-hydrogen) atoms. The minimum Gasteiger partial charge on any atom is -0.312 e. The highest BCUT2D eigenvalue weighted by atomic mass is 15.3. The van der Waals surface area contributed by atoms with Gasteiger partial charge in [0.25, 0.3) is 0 Å². The molecule has 0 rings (SSSR count). The molecule has 0 bridgehead atoms. The minimum absolute atomic E-state index is 0.0389. The Labute approximate surface area is 107 Å². The second-order valence-corrected chi connectivity index (χ2v) is 5.74. The van der Waals surface area contributed by atoms with Crippen LogP contribution in [0.5, 0.6) is 0 Å². The zero-order valence-electron chi connectivity index (χ0n) is 12.2. The van der Waals surface area contributed by atoms with E-state index in [0.29, 0.717) is 0 Å². The van der Waals surface area contributed by atoms with E-state index in [1.54, 1.807) is 0 Å². The normalized spacial score (nSPS) is 12.9. The van der Waals surface area contributed by atoms with Crippen LogP contribution < -0.4 is 11.3 Å². The van der Waals surface area contributed by atoms with Gasteiger partial charge in [-0.15, -0.1) is 0 Å². The summed E-state index contributed by atoms with van der Waals surface area (Å²) in [6.45, 7) is 8.53. The number of hydrazine groups is 1. The maximum absolute atomic E-state index is 5.48. The van der Waals surface area contributed by atoms with Crippen molar-refractivity contribution in [2.75, 3.05) is 0 Å². The highest BCUT2D eigenvalue weighted by Crippen LogP contribution is 2.11. The molecule has 0 heterocycles. The molecule has 3 heteroatoms. The van der Waals surface area contributed by atoms with E-state index in [2.05, 4.69) is 38.1 Å². The molecule has 0 aromatic heterocycles. The van der Waals surface area contributed by atoms with Crippen LogP contribution in [0.1, 0.15) is 79.1 Å². The topological polar surface area (TPSA) is 50.4 Å². The largest absolute Gasteiger partial charge is 0.312 e. The number of nitrogens with zero attached hydrogens (tertiary/aromatic N) is 1. The molecule has 0 aliphatic rings. The third-order valence-electron chi connectivity index (χ3n) is 2.65. The predicted molar refractivity (Wildman–Crippen MR) is 77.1 cm³/mol. The summed E-state index contributed by atoms with van der Waals surface area (Å²) in [5.41, 5.74) is 2.68. The number of nitrogens with one attached hydrogen (secondary N) is 1. The standard InChI is InChI=1S/C14H31N3/c1-5-6-7-8-9-10-11-12-13(17-15)16-14(2,3)4/h5-12,15H2,1-4H3,(H,16,17). The monoisotopic (exact) mass is 241 g/mol. The van der Waals surface area contributed by atoms with Crippen molar-refractivity contribution >= 4 is 5.84 Å². The third kappa shape index (κ3) is 11.7. The molecule has 0 saturated carbocycles. The molecule has 0 radical (unpaired) electrons. The fourth-order valence-electron chi connectivity index (χ4n) is 1.81. The first-order valence-corrected chi connectivity index (χ1v) is 7.05. The van der Waals surface area contributed by atoms with E-state index >= 15 is 0 Å². The predicted octanol–water partition coefficient (Wildman–Crippen LogP) is 3.79. The number of amidine groups is 1. The molecule has 0 spiro atoms. The average Bonchev–Trinajstić information content (AvgIpc) is 2.24. The van der Waals surface area contributed by atoms with Gasteiger partial charge in [0.15, 0.2) is 0 Å². The Kier molecular flexibility index (Phi) is 9.14. The van der Waals surface area contributed by atoms with Gasteiger partial charge in [0, 0.05) is 6.42 Å². The zero-order valence-corrected chi connectivity index (χ0v) is 12.2. The van der Waals surface area contributed by atoms with Gasteiger partial charge in [-0.25, -0.2) is 5.84 Å². The summed E-state index contributed by atoms with van der Waals surface area (Å²) < 4.78 is 0. The van der Waals surface area contributed by atoms with Gasteiger partial charge in [-0.1, -0.05) is 45.4 Å². The van der Waals surface area contributed by atoms with E-state index in [0.717, 1.165) is 12.3 Å². The number of hydrogen-bond acceptors (Lipinski definition) is 2. The average molecular weight is 241 g/mol. The van der Waals surface area contributed by atoms with Crippen LogP contribution >= 0.6 is 0 Å². The molecule has 3 nitrogen and oxygen atoms in total. The van der Waals surface area contributed by atoms with E-state index in [9.17, 15) is 0 Å². The molecular formula is C14H31N3. The molecule has 0 fully saturated rings. The first kappa shape index (κ1) is 16.4. The van der Waals surface area contributed by atoms with Crippen LogP contribution in [0.2, 0.25) is 0 Å². The Balaban J connectivity index is 3.61. The van der Waals surface area contributed by atoms with Crippen molar-refractivity contribution in [2.45, 2.75) is 84.6 Å². The number of rotatable bonds is 8. The third-order valence-corrected chi connectivity index (χ3v) is 2.65. The first-order chi connectivity index (χ1) is 7.99. The Morgan fingerprint density at radius 1 is 1.00 bits per heavy atom. The van der Waals surface area contributed by atoms with Crippen LogP contribution in [0.3, 0.4) is 0 Å². The summed E-state index contributed by atoms with van der Waals surface area (Å²) in [6, 6.07) is 0. The summed E-state index contributed by atoms with van der Waals surface area (Å²) in [7, 11) is 0.